The summed E-state index contributed by atoms with van der Waals surface area (Å²) in [5.41, 5.74) is 7.15. The van der Waals surface area contributed by atoms with Crippen molar-refractivity contribution in [1.82, 2.24) is 4.98 Å². The Labute approximate surface area is 115 Å². The first kappa shape index (κ1) is 15.4. The molecule has 0 aromatic carbocycles. The van der Waals surface area contributed by atoms with Gasteiger partial charge in [0, 0.05) is 28.9 Å². The standard InChI is InChI=1S/C14H27N3S/c1-8-17(9-2)12-16-10(13(3,4)5)11(18-12)14(6,7)15/h8-9,15H2,1-7H3. The van der Waals surface area contributed by atoms with Crippen LogP contribution in [0.2, 0.25) is 0 Å². The maximum atomic E-state index is 6.30. The maximum absolute atomic E-state index is 6.30. The fourth-order valence-corrected chi connectivity index (χ4v) is 3.30. The summed E-state index contributed by atoms with van der Waals surface area (Å²) in [4.78, 5) is 8.35. The lowest BCUT2D eigenvalue weighted by Gasteiger charge is -2.24. The number of rotatable bonds is 4. The fraction of sp³-hybridized carbons (Fsp3) is 0.786. The third-order valence-electron chi connectivity index (χ3n) is 2.95. The molecule has 18 heavy (non-hydrogen) atoms. The smallest absolute Gasteiger partial charge is 0.185 e. The predicted octanol–water partition coefficient (Wildman–Crippen LogP) is 3.48. The van der Waals surface area contributed by atoms with Gasteiger partial charge in [0.2, 0.25) is 0 Å². The molecule has 0 atom stereocenters. The number of nitrogens with zero attached hydrogens (tertiary/aromatic N) is 2. The minimum absolute atomic E-state index is 0.0356. The topological polar surface area (TPSA) is 42.2 Å². The van der Waals surface area contributed by atoms with Crippen molar-refractivity contribution in [2.24, 2.45) is 5.73 Å². The molecule has 0 amide bonds. The molecule has 3 nitrogen and oxygen atoms in total. The van der Waals surface area contributed by atoms with Gasteiger partial charge in [-0.1, -0.05) is 32.1 Å². The van der Waals surface area contributed by atoms with E-state index in [0.717, 1.165) is 23.9 Å². The molecule has 0 aliphatic carbocycles. The molecule has 0 aliphatic heterocycles. The second kappa shape index (κ2) is 5.17. The van der Waals surface area contributed by atoms with E-state index in [0.29, 0.717) is 0 Å². The summed E-state index contributed by atoms with van der Waals surface area (Å²) in [6.45, 7) is 17.0. The molecule has 0 fully saturated rings. The zero-order valence-corrected chi connectivity index (χ0v) is 13.6. The van der Waals surface area contributed by atoms with E-state index in [1.807, 2.05) is 0 Å². The third-order valence-corrected chi connectivity index (χ3v) is 4.40. The van der Waals surface area contributed by atoms with Gasteiger partial charge in [-0.25, -0.2) is 4.98 Å². The van der Waals surface area contributed by atoms with E-state index in [9.17, 15) is 0 Å². The number of hydrogen-bond acceptors (Lipinski definition) is 4. The van der Waals surface area contributed by atoms with Gasteiger partial charge in [0.25, 0.3) is 0 Å². The van der Waals surface area contributed by atoms with E-state index in [-0.39, 0.29) is 11.0 Å². The SMILES string of the molecule is CCN(CC)c1nc(C(C)(C)C)c(C(C)(C)N)s1. The monoisotopic (exact) mass is 269 g/mol. The average Bonchev–Trinajstić information content (AvgIpc) is 2.63. The Morgan fingerprint density at radius 3 is 1.89 bits per heavy atom. The lowest BCUT2D eigenvalue weighted by atomic mass is 9.87. The molecule has 0 spiro atoms. The van der Waals surface area contributed by atoms with E-state index in [4.69, 9.17) is 10.7 Å². The highest BCUT2D eigenvalue weighted by molar-refractivity contribution is 7.15. The highest BCUT2D eigenvalue weighted by atomic mass is 32.1. The van der Waals surface area contributed by atoms with Gasteiger partial charge in [-0.05, 0) is 27.7 Å². The number of aromatic nitrogens is 1. The molecule has 2 N–H and O–H groups in total. The molecule has 0 unspecified atom stereocenters. The Bertz CT molecular complexity index is 361. The van der Waals surface area contributed by atoms with Gasteiger partial charge < -0.3 is 10.6 Å². The molecule has 1 rings (SSSR count). The van der Waals surface area contributed by atoms with Crippen molar-refractivity contribution in [3.63, 3.8) is 0 Å². The highest BCUT2D eigenvalue weighted by Crippen LogP contribution is 2.38. The van der Waals surface area contributed by atoms with E-state index >= 15 is 0 Å². The highest BCUT2D eigenvalue weighted by Gasteiger charge is 2.30. The number of nitrogens with two attached hydrogens (primary N) is 1. The molecule has 4 heteroatoms. The van der Waals surface area contributed by atoms with Crippen molar-refractivity contribution < 1.29 is 0 Å². The van der Waals surface area contributed by atoms with Crippen LogP contribution in [-0.2, 0) is 11.0 Å². The third kappa shape index (κ3) is 3.23. The van der Waals surface area contributed by atoms with Crippen LogP contribution in [0.3, 0.4) is 0 Å². The molecule has 104 valence electrons. The lowest BCUT2D eigenvalue weighted by molar-refractivity contribution is 0.512. The van der Waals surface area contributed by atoms with Crippen molar-refractivity contribution in [2.45, 2.75) is 59.4 Å². The van der Waals surface area contributed by atoms with E-state index in [2.05, 4.69) is 53.4 Å². The molecule has 0 radical (unpaired) electrons. The number of thiazole rings is 1. The Kier molecular flexibility index (Phi) is 4.44. The normalized spacial score (nSPS) is 12.9. The summed E-state index contributed by atoms with van der Waals surface area (Å²) in [6, 6.07) is 0. The van der Waals surface area contributed by atoms with Gasteiger partial charge >= 0.3 is 0 Å². The first-order chi connectivity index (χ1) is 8.11. The molecule has 0 bridgehead atoms. The molecular formula is C14H27N3S. The molecule has 1 heterocycles. The molecule has 0 saturated carbocycles. The van der Waals surface area contributed by atoms with Gasteiger partial charge in [0.15, 0.2) is 5.13 Å². The van der Waals surface area contributed by atoms with E-state index < -0.39 is 0 Å². The van der Waals surface area contributed by atoms with Crippen LogP contribution in [0.1, 0.15) is 59.0 Å². The van der Waals surface area contributed by atoms with E-state index in [1.54, 1.807) is 11.3 Å². The molecule has 0 aliphatic rings. The van der Waals surface area contributed by atoms with Gasteiger partial charge in [-0.2, -0.15) is 0 Å². The van der Waals surface area contributed by atoms with Crippen LogP contribution in [0.5, 0.6) is 0 Å². The summed E-state index contributed by atoms with van der Waals surface area (Å²) in [5.74, 6) is 0. The Balaban J connectivity index is 3.33. The van der Waals surface area contributed by atoms with Crippen LogP contribution in [0.4, 0.5) is 5.13 Å². The van der Waals surface area contributed by atoms with Crippen molar-refractivity contribution >= 4 is 16.5 Å². The molecule has 1 aromatic heterocycles. The second-order valence-corrected chi connectivity index (χ2v) is 7.30. The summed E-state index contributed by atoms with van der Waals surface area (Å²) in [6.07, 6.45) is 0. The van der Waals surface area contributed by atoms with Gasteiger partial charge in [0.05, 0.1) is 5.69 Å². The predicted molar refractivity (Wildman–Crippen MR) is 81.6 cm³/mol. The summed E-state index contributed by atoms with van der Waals surface area (Å²) in [7, 11) is 0. The van der Waals surface area contributed by atoms with Gasteiger partial charge in [0.1, 0.15) is 0 Å². The first-order valence-electron chi connectivity index (χ1n) is 6.66. The van der Waals surface area contributed by atoms with Crippen molar-refractivity contribution in [3.05, 3.63) is 10.6 Å². The van der Waals surface area contributed by atoms with Crippen LogP contribution in [0, 0.1) is 0 Å². The van der Waals surface area contributed by atoms with Crippen molar-refractivity contribution in [1.29, 1.82) is 0 Å². The van der Waals surface area contributed by atoms with Crippen LogP contribution < -0.4 is 10.6 Å². The summed E-state index contributed by atoms with van der Waals surface area (Å²) >= 11 is 1.74. The largest absolute Gasteiger partial charge is 0.349 e. The molecule has 1 aromatic rings. The number of hydrogen-bond donors (Lipinski definition) is 1. The van der Waals surface area contributed by atoms with Gasteiger partial charge in [-0.15, -0.1) is 0 Å². The molecule has 0 saturated heterocycles. The van der Waals surface area contributed by atoms with Crippen LogP contribution in [-0.4, -0.2) is 18.1 Å². The second-order valence-electron chi connectivity index (χ2n) is 6.32. The zero-order chi connectivity index (χ0) is 14.1. The van der Waals surface area contributed by atoms with Crippen molar-refractivity contribution in [2.75, 3.05) is 18.0 Å². The number of anilines is 1. The summed E-state index contributed by atoms with van der Waals surface area (Å²) in [5, 5.41) is 1.10. The Hall–Kier alpha value is -0.610. The van der Waals surface area contributed by atoms with E-state index in [1.165, 1.54) is 4.88 Å². The Morgan fingerprint density at radius 2 is 1.61 bits per heavy atom. The van der Waals surface area contributed by atoms with Crippen LogP contribution >= 0.6 is 11.3 Å². The summed E-state index contributed by atoms with van der Waals surface area (Å²) < 4.78 is 0. The zero-order valence-electron chi connectivity index (χ0n) is 12.8. The minimum atomic E-state index is -0.328. The molecular weight excluding hydrogens is 242 g/mol. The average molecular weight is 269 g/mol. The Morgan fingerprint density at radius 1 is 1.11 bits per heavy atom. The van der Waals surface area contributed by atoms with Crippen LogP contribution in [0.25, 0.3) is 0 Å². The minimum Gasteiger partial charge on any atom is -0.349 e. The fourth-order valence-electron chi connectivity index (χ4n) is 1.88. The van der Waals surface area contributed by atoms with Gasteiger partial charge in [-0.3, -0.25) is 0 Å². The first-order valence-corrected chi connectivity index (χ1v) is 7.48. The maximum Gasteiger partial charge on any atom is 0.185 e. The van der Waals surface area contributed by atoms with Crippen molar-refractivity contribution in [3.8, 4) is 0 Å². The van der Waals surface area contributed by atoms with Crippen LogP contribution in [0.15, 0.2) is 0 Å². The quantitative estimate of drug-likeness (QED) is 0.910. The lowest BCUT2D eigenvalue weighted by Crippen LogP contribution is -2.31.